The molecule has 0 amide bonds. The molecule has 0 spiro atoms. The fourth-order valence-electron chi connectivity index (χ4n) is 1.71. The first-order chi connectivity index (χ1) is 8.16. The predicted molar refractivity (Wildman–Crippen MR) is 73.6 cm³/mol. The van der Waals surface area contributed by atoms with Crippen LogP contribution in [-0.4, -0.2) is 9.78 Å². The van der Waals surface area contributed by atoms with Crippen molar-refractivity contribution in [1.82, 2.24) is 9.78 Å². The molecule has 0 saturated heterocycles. The van der Waals surface area contributed by atoms with Gasteiger partial charge in [0.25, 0.3) is 0 Å². The van der Waals surface area contributed by atoms with Crippen LogP contribution in [0.4, 0.5) is 10.2 Å². The highest BCUT2D eigenvalue weighted by atomic mass is 35.5. The van der Waals surface area contributed by atoms with Crippen molar-refractivity contribution in [3.8, 4) is 0 Å². The average Bonchev–Trinajstić information content (AvgIpc) is 2.74. The van der Waals surface area contributed by atoms with Crippen molar-refractivity contribution in [3.05, 3.63) is 47.9 Å². The lowest BCUT2D eigenvalue weighted by molar-refractivity contribution is 0.537. The second-order valence-corrected chi connectivity index (χ2v) is 4.24. The van der Waals surface area contributed by atoms with Crippen LogP contribution in [0, 0.1) is 5.82 Å². The standard InChI is InChI=1S/C13H16FN3.ClH/c1-10(2)17-13(6-7-16-17)15-9-11-4-3-5-12(14)8-11;/h3-8,10,15H,9H2,1-2H3;1H. The van der Waals surface area contributed by atoms with Gasteiger partial charge in [0.15, 0.2) is 0 Å². The van der Waals surface area contributed by atoms with Gasteiger partial charge in [0, 0.05) is 18.7 Å². The smallest absolute Gasteiger partial charge is 0.124 e. The van der Waals surface area contributed by atoms with Crippen LogP contribution >= 0.6 is 12.4 Å². The van der Waals surface area contributed by atoms with E-state index in [1.165, 1.54) is 12.1 Å². The van der Waals surface area contributed by atoms with Crippen LogP contribution in [0.2, 0.25) is 0 Å². The molecular weight excluding hydrogens is 253 g/mol. The minimum absolute atomic E-state index is 0. The van der Waals surface area contributed by atoms with Crippen LogP contribution in [-0.2, 0) is 6.54 Å². The molecular formula is C13H17ClFN3. The number of anilines is 1. The highest BCUT2D eigenvalue weighted by Gasteiger charge is 2.05. The Labute approximate surface area is 112 Å². The van der Waals surface area contributed by atoms with Crippen LogP contribution in [0.1, 0.15) is 25.5 Å². The summed E-state index contributed by atoms with van der Waals surface area (Å²) < 4.78 is 14.9. The molecule has 2 rings (SSSR count). The number of rotatable bonds is 4. The van der Waals surface area contributed by atoms with Crippen molar-refractivity contribution in [3.63, 3.8) is 0 Å². The lowest BCUT2D eigenvalue weighted by atomic mass is 10.2. The van der Waals surface area contributed by atoms with Crippen molar-refractivity contribution < 1.29 is 4.39 Å². The molecule has 1 N–H and O–H groups in total. The summed E-state index contributed by atoms with van der Waals surface area (Å²) in [5, 5.41) is 7.48. The summed E-state index contributed by atoms with van der Waals surface area (Å²) in [5.41, 5.74) is 0.918. The highest BCUT2D eigenvalue weighted by Crippen LogP contribution is 2.14. The van der Waals surface area contributed by atoms with Crippen molar-refractivity contribution in [2.24, 2.45) is 0 Å². The molecule has 98 valence electrons. The quantitative estimate of drug-likeness (QED) is 0.918. The van der Waals surface area contributed by atoms with E-state index in [0.29, 0.717) is 12.6 Å². The number of nitrogens with one attached hydrogen (secondary N) is 1. The molecule has 0 radical (unpaired) electrons. The van der Waals surface area contributed by atoms with E-state index in [-0.39, 0.29) is 18.2 Å². The van der Waals surface area contributed by atoms with Gasteiger partial charge < -0.3 is 5.32 Å². The maximum absolute atomic E-state index is 13.0. The number of hydrogen-bond donors (Lipinski definition) is 1. The number of benzene rings is 1. The molecule has 0 unspecified atom stereocenters. The first-order valence-corrected chi connectivity index (χ1v) is 5.68. The van der Waals surface area contributed by atoms with E-state index in [0.717, 1.165) is 11.4 Å². The van der Waals surface area contributed by atoms with E-state index in [1.807, 2.05) is 16.8 Å². The van der Waals surface area contributed by atoms with Crippen LogP contribution in [0.5, 0.6) is 0 Å². The van der Waals surface area contributed by atoms with Crippen molar-refractivity contribution in [2.75, 3.05) is 5.32 Å². The Morgan fingerprint density at radius 3 is 2.78 bits per heavy atom. The van der Waals surface area contributed by atoms with Gasteiger partial charge in [-0.1, -0.05) is 12.1 Å². The van der Waals surface area contributed by atoms with Crippen molar-refractivity contribution in [1.29, 1.82) is 0 Å². The monoisotopic (exact) mass is 269 g/mol. The number of halogens is 2. The zero-order valence-electron chi connectivity index (χ0n) is 10.4. The summed E-state index contributed by atoms with van der Waals surface area (Å²) in [6.07, 6.45) is 1.76. The highest BCUT2D eigenvalue weighted by molar-refractivity contribution is 5.85. The molecule has 1 aromatic heterocycles. The maximum Gasteiger partial charge on any atom is 0.124 e. The lowest BCUT2D eigenvalue weighted by Crippen LogP contribution is -2.09. The second kappa shape index (κ2) is 6.40. The third-order valence-electron chi connectivity index (χ3n) is 2.52. The third-order valence-corrected chi connectivity index (χ3v) is 2.52. The molecule has 5 heteroatoms. The Morgan fingerprint density at radius 2 is 2.11 bits per heavy atom. The van der Waals surface area contributed by atoms with Gasteiger partial charge in [-0.2, -0.15) is 5.10 Å². The van der Waals surface area contributed by atoms with Gasteiger partial charge in [-0.25, -0.2) is 9.07 Å². The minimum atomic E-state index is -0.207. The SMILES string of the molecule is CC(C)n1nccc1NCc1cccc(F)c1.Cl. The Kier molecular flexibility index (Phi) is 5.16. The molecule has 3 nitrogen and oxygen atoms in total. The number of hydrogen-bond acceptors (Lipinski definition) is 2. The van der Waals surface area contributed by atoms with Gasteiger partial charge in [-0.15, -0.1) is 12.4 Å². The molecule has 1 heterocycles. The van der Waals surface area contributed by atoms with Crippen molar-refractivity contribution >= 4 is 18.2 Å². The maximum atomic E-state index is 13.0. The molecule has 18 heavy (non-hydrogen) atoms. The first-order valence-electron chi connectivity index (χ1n) is 5.68. The van der Waals surface area contributed by atoms with Gasteiger partial charge in [0.2, 0.25) is 0 Å². The van der Waals surface area contributed by atoms with E-state index < -0.39 is 0 Å². The Bertz CT molecular complexity index is 496. The Hall–Kier alpha value is -1.55. The molecule has 0 fully saturated rings. The van der Waals surface area contributed by atoms with Gasteiger partial charge >= 0.3 is 0 Å². The molecule has 1 aromatic carbocycles. The summed E-state index contributed by atoms with van der Waals surface area (Å²) in [6, 6.07) is 8.81. The average molecular weight is 270 g/mol. The zero-order valence-corrected chi connectivity index (χ0v) is 11.2. The van der Waals surface area contributed by atoms with E-state index >= 15 is 0 Å². The summed E-state index contributed by atoms with van der Waals surface area (Å²) in [4.78, 5) is 0. The first kappa shape index (κ1) is 14.5. The third kappa shape index (κ3) is 3.47. The van der Waals surface area contributed by atoms with Gasteiger partial charge in [0.1, 0.15) is 11.6 Å². The van der Waals surface area contributed by atoms with Crippen molar-refractivity contribution in [2.45, 2.75) is 26.4 Å². The molecule has 2 aromatic rings. The zero-order chi connectivity index (χ0) is 12.3. The van der Waals surface area contributed by atoms with E-state index in [2.05, 4.69) is 24.3 Å². The van der Waals surface area contributed by atoms with E-state index in [4.69, 9.17) is 0 Å². The minimum Gasteiger partial charge on any atom is -0.366 e. The second-order valence-electron chi connectivity index (χ2n) is 4.24. The normalized spacial score (nSPS) is 10.2. The predicted octanol–water partition coefficient (Wildman–Crippen LogP) is 3.64. The molecule has 0 aliphatic heterocycles. The van der Waals surface area contributed by atoms with Gasteiger partial charge in [-0.3, -0.25) is 0 Å². The summed E-state index contributed by atoms with van der Waals surface area (Å²) >= 11 is 0. The molecule has 0 atom stereocenters. The van der Waals surface area contributed by atoms with Crippen LogP contribution in [0.15, 0.2) is 36.5 Å². The lowest BCUT2D eigenvalue weighted by Gasteiger charge is -2.12. The topological polar surface area (TPSA) is 29.9 Å². The summed E-state index contributed by atoms with van der Waals surface area (Å²) in [6.45, 7) is 4.73. The summed E-state index contributed by atoms with van der Waals surface area (Å²) in [5.74, 6) is 0.742. The largest absolute Gasteiger partial charge is 0.366 e. The molecule has 0 aliphatic carbocycles. The molecule has 0 bridgehead atoms. The molecule has 0 saturated carbocycles. The van der Waals surface area contributed by atoms with Gasteiger partial charge in [-0.05, 0) is 31.5 Å². The van der Waals surface area contributed by atoms with Crippen LogP contribution in [0.25, 0.3) is 0 Å². The van der Waals surface area contributed by atoms with Gasteiger partial charge in [0.05, 0.1) is 6.20 Å². The van der Waals surface area contributed by atoms with E-state index in [1.54, 1.807) is 12.3 Å². The van der Waals surface area contributed by atoms with Crippen LogP contribution < -0.4 is 5.32 Å². The number of aromatic nitrogens is 2. The Morgan fingerprint density at radius 1 is 1.33 bits per heavy atom. The van der Waals surface area contributed by atoms with E-state index in [9.17, 15) is 4.39 Å². The fourth-order valence-corrected chi connectivity index (χ4v) is 1.71. The fraction of sp³-hybridized carbons (Fsp3) is 0.308. The summed E-state index contributed by atoms with van der Waals surface area (Å²) in [7, 11) is 0. The Balaban J connectivity index is 0.00000162. The molecule has 0 aliphatic rings. The van der Waals surface area contributed by atoms with Crippen LogP contribution in [0.3, 0.4) is 0 Å². The number of nitrogens with zero attached hydrogens (tertiary/aromatic N) is 2.